The summed E-state index contributed by atoms with van der Waals surface area (Å²) in [5, 5.41) is 1.27. The van der Waals surface area contributed by atoms with Crippen molar-refractivity contribution in [3.05, 3.63) is 75.0 Å². The maximum Gasteiger partial charge on any atom is 0.281 e. The van der Waals surface area contributed by atoms with Crippen molar-refractivity contribution in [2.45, 2.75) is 13.5 Å². The smallest absolute Gasteiger partial charge is 0.281 e. The minimum absolute atomic E-state index is 0.225. The fourth-order valence-electron chi connectivity index (χ4n) is 2.14. The molecule has 0 unspecified atom stereocenters. The first-order valence-corrected chi connectivity index (χ1v) is 9.08. The number of hydrogen-bond donors (Lipinski definition) is 2. The third-order valence-electron chi connectivity index (χ3n) is 3.44. The first-order valence-electron chi connectivity index (χ1n) is 7.88. The lowest BCUT2D eigenvalue weighted by Crippen LogP contribution is -2.41. The van der Waals surface area contributed by atoms with Crippen molar-refractivity contribution in [1.82, 2.24) is 20.8 Å². The molecule has 3 rings (SSSR count). The lowest BCUT2D eigenvalue weighted by molar-refractivity contribution is 0.0848. The van der Waals surface area contributed by atoms with Crippen molar-refractivity contribution in [2.75, 3.05) is 0 Å². The van der Waals surface area contributed by atoms with Crippen molar-refractivity contribution in [2.24, 2.45) is 0 Å². The summed E-state index contributed by atoms with van der Waals surface area (Å²) in [7, 11) is 0. The van der Waals surface area contributed by atoms with Gasteiger partial charge in [0.1, 0.15) is 22.2 Å². The maximum atomic E-state index is 12.3. The lowest BCUT2D eigenvalue weighted by Gasteiger charge is -2.06. The van der Waals surface area contributed by atoms with E-state index in [0.29, 0.717) is 31.9 Å². The molecular formula is C18H15ClN4O3S. The van der Waals surface area contributed by atoms with Crippen LogP contribution in [0.3, 0.4) is 0 Å². The third-order valence-corrected chi connectivity index (χ3v) is 4.82. The summed E-state index contributed by atoms with van der Waals surface area (Å²) in [5.41, 5.74) is 5.64. The highest BCUT2D eigenvalue weighted by Gasteiger charge is 2.16. The van der Waals surface area contributed by atoms with Gasteiger partial charge in [-0.15, -0.1) is 11.3 Å². The molecule has 0 fully saturated rings. The van der Waals surface area contributed by atoms with E-state index in [-0.39, 0.29) is 6.61 Å². The number of thiazole rings is 1. The van der Waals surface area contributed by atoms with Gasteiger partial charge >= 0.3 is 0 Å². The number of aromatic nitrogens is 2. The molecule has 2 heterocycles. The number of pyridine rings is 1. The Labute approximate surface area is 164 Å². The molecule has 0 aliphatic rings. The summed E-state index contributed by atoms with van der Waals surface area (Å²) in [5.74, 6) is -0.244. The van der Waals surface area contributed by atoms with E-state index in [9.17, 15) is 9.59 Å². The van der Waals surface area contributed by atoms with Gasteiger partial charge in [0.05, 0.1) is 11.3 Å². The van der Waals surface area contributed by atoms with Gasteiger partial charge in [-0.05, 0) is 43.3 Å². The van der Waals surface area contributed by atoms with Crippen molar-refractivity contribution < 1.29 is 14.3 Å². The van der Waals surface area contributed by atoms with Crippen LogP contribution in [0.15, 0.2) is 48.8 Å². The number of benzene rings is 1. The topological polar surface area (TPSA) is 93.2 Å². The minimum Gasteiger partial charge on any atom is -0.486 e. The van der Waals surface area contributed by atoms with E-state index in [2.05, 4.69) is 20.8 Å². The number of carbonyl (C=O) groups excluding carboxylic acids is 2. The van der Waals surface area contributed by atoms with Crippen LogP contribution in [0, 0.1) is 6.92 Å². The Morgan fingerprint density at radius 1 is 1.15 bits per heavy atom. The van der Waals surface area contributed by atoms with Crippen LogP contribution in [-0.2, 0) is 6.61 Å². The normalized spacial score (nSPS) is 10.3. The van der Waals surface area contributed by atoms with Gasteiger partial charge in [-0.25, -0.2) is 4.98 Å². The summed E-state index contributed by atoms with van der Waals surface area (Å²) in [6.45, 7) is 1.95. The standard InChI is InChI=1S/C18H15ClN4O3S/c1-11-16(18(25)23-22-17(24)12-3-2-8-20-9-12)27-15(21-11)10-26-14-6-4-13(19)5-7-14/h2-9H,10H2,1H3,(H,22,24)(H,23,25). The molecule has 0 saturated heterocycles. The average molecular weight is 403 g/mol. The molecule has 0 aliphatic carbocycles. The summed E-state index contributed by atoms with van der Waals surface area (Å²) >= 11 is 7.03. The fraction of sp³-hybridized carbons (Fsp3) is 0.111. The van der Waals surface area contributed by atoms with Crippen LogP contribution >= 0.6 is 22.9 Å². The molecule has 0 atom stereocenters. The highest BCUT2D eigenvalue weighted by molar-refractivity contribution is 7.13. The van der Waals surface area contributed by atoms with E-state index >= 15 is 0 Å². The van der Waals surface area contributed by atoms with Crippen LogP contribution in [0.25, 0.3) is 0 Å². The quantitative estimate of drug-likeness (QED) is 0.639. The zero-order valence-corrected chi connectivity index (χ0v) is 15.8. The number of hydrazine groups is 1. The predicted molar refractivity (Wildman–Crippen MR) is 102 cm³/mol. The van der Waals surface area contributed by atoms with Crippen LogP contribution in [-0.4, -0.2) is 21.8 Å². The van der Waals surface area contributed by atoms with Gasteiger partial charge in [0, 0.05) is 17.4 Å². The number of ether oxygens (including phenoxy) is 1. The van der Waals surface area contributed by atoms with Gasteiger partial charge in [0.25, 0.3) is 11.8 Å². The Balaban J connectivity index is 1.57. The molecule has 3 aromatic rings. The molecule has 1 aromatic carbocycles. The van der Waals surface area contributed by atoms with E-state index in [4.69, 9.17) is 16.3 Å². The zero-order chi connectivity index (χ0) is 19.2. The van der Waals surface area contributed by atoms with Gasteiger partial charge in [-0.2, -0.15) is 0 Å². The SMILES string of the molecule is Cc1nc(COc2ccc(Cl)cc2)sc1C(=O)NNC(=O)c1cccnc1. The second-order valence-corrected chi connectivity index (χ2v) is 6.93. The Morgan fingerprint density at radius 2 is 1.89 bits per heavy atom. The van der Waals surface area contributed by atoms with Gasteiger partial charge in [-0.3, -0.25) is 25.4 Å². The summed E-state index contributed by atoms with van der Waals surface area (Å²) in [6.07, 6.45) is 2.97. The summed E-state index contributed by atoms with van der Waals surface area (Å²) in [4.78, 5) is 32.8. The van der Waals surface area contributed by atoms with Gasteiger partial charge in [-0.1, -0.05) is 11.6 Å². The second kappa shape index (κ2) is 8.61. The van der Waals surface area contributed by atoms with Crippen molar-refractivity contribution >= 4 is 34.8 Å². The number of amides is 2. The Kier molecular flexibility index (Phi) is 6.00. The van der Waals surface area contributed by atoms with Crippen LogP contribution in [0.1, 0.15) is 30.7 Å². The highest BCUT2D eigenvalue weighted by atomic mass is 35.5. The number of rotatable bonds is 5. The van der Waals surface area contributed by atoms with Crippen LogP contribution in [0.5, 0.6) is 5.75 Å². The van der Waals surface area contributed by atoms with E-state index in [1.54, 1.807) is 49.5 Å². The average Bonchev–Trinajstić information content (AvgIpc) is 3.07. The molecule has 0 saturated carbocycles. The van der Waals surface area contributed by atoms with Gasteiger partial charge in [0.15, 0.2) is 0 Å². The molecule has 7 nitrogen and oxygen atoms in total. The van der Waals surface area contributed by atoms with Crippen LogP contribution in [0.2, 0.25) is 5.02 Å². The van der Waals surface area contributed by atoms with Crippen molar-refractivity contribution in [3.8, 4) is 5.75 Å². The van der Waals surface area contributed by atoms with Crippen molar-refractivity contribution in [3.63, 3.8) is 0 Å². The molecule has 138 valence electrons. The third kappa shape index (κ3) is 5.02. The number of nitrogens with one attached hydrogen (secondary N) is 2. The van der Waals surface area contributed by atoms with E-state index in [1.165, 1.54) is 17.5 Å². The predicted octanol–water partition coefficient (Wildman–Crippen LogP) is 3.15. The summed E-state index contributed by atoms with van der Waals surface area (Å²) in [6, 6.07) is 10.2. The molecule has 0 radical (unpaired) electrons. The summed E-state index contributed by atoms with van der Waals surface area (Å²) < 4.78 is 5.63. The maximum absolute atomic E-state index is 12.3. The number of aryl methyl sites for hydroxylation is 1. The van der Waals surface area contributed by atoms with Crippen molar-refractivity contribution in [1.29, 1.82) is 0 Å². The molecule has 9 heteroatoms. The van der Waals surface area contributed by atoms with Crippen LogP contribution in [0.4, 0.5) is 0 Å². The Bertz CT molecular complexity index is 945. The van der Waals surface area contributed by atoms with E-state index in [0.717, 1.165) is 0 Å². The Morgan fingerprint density at radius 3 is 2.59 bits per heavy atom. The van der Waals surface area contributed by atoms with Crippen LogP contribution < -0.4 is 15.6 Å². The first kappa shape index (κ1) is 18.8. The number of hydrogen-bond acceptors (Lipinski definition) is 6. The fourth-order valence-corrected chi connectivity index (χ4v) is 3.14. The van der Waals surface area contributed by atoms with Gasteiger partial charge in [0.2, 0.25) is 0 Å². The Hall–Kier alpha value is -2.97. The first-order chi connectivity index (χ1) is 13.0. The molecule has 2 amide bonds. The molecule has 2 N–H and O–H groups in total. The van der Waals surface area contributed by atoms with E-state index in [1.807, 2.05) is 0 Å². The lowest BCUT2D eigenvalue weighted by atomic mass is 10.3. The molecular weight excluding hydrogens is 388 g/mol. The molecule has 0 spiro atoms. The van der Waals surface area contributed by atoms with E-state index < -0.39 is 11.8 Å². The molecule has 0 aliphatic heterocycles. The number of carbonyl (C=O) groups is 2. The molecule has 0 bridgehead atoms. The monoisotopic (exact) mass is 402 g/mol. The highest BCUT2D eigenvalue weighted by Crippen LogP contribution is 2.21. The van der Waals surface area contributed by atoms with Gasteiger partial charge < -0.3 is 4.74 Å². The largest absolute Gasteiger partial charge is 0.486 e. The second-order valence-electron chi connectivity index (χ2n) is 5.41. The molecule has 27 heavy (non-hydrogen) atoms. The number of nitrogens with zero attached hydrogens (tertiary/aromatic N) is 2. The molecule has 2 aromatic heterocycles. The zero-order valence-electron chi connectivity index (χ0n) is 14.2. The minimum atomic E-state index is -0.454. The number of halogens is 1.